The number of para-hydroxylation sites is 1. The largest absolute Gasteiger partial charge is 0.493 e. The van der Waals surface area contributed by atoms with Gasteiger partial charge >= 0.3 is 0 Å². The molecule has 1 aliphatic heterocycles. The Morgan fingerprint density at radius 1 is 1.15 bits per heavy atom. The van der Waals surface area contributed by atoms with Gasteiger partial charge in [-0.15, -0.1) is 0 Å². The molecule has 4 nitrogen and oxygen atoms in total. The lowest BCUT2D eigenvalue weighted by molar-refractivity contribution is -0.148. The molecule has 20 heavy (non-hydrogen) atoms. The third kappa shape index (κ3) is 1.31. The number of carbonyl (C=O) groups is 2. The lowest BCUT2D eigenvalue weighted by Crippen LogP contribution is -2.58. The van der Waals surface area contributed by atoms with E-state index in [4.69, 9.17) is 9.47 Å². The molecule has 2 aliphatic carbocycles. The van der Waals surface area contributed by atoms with Gasteiger partial charge < -0.3 is 9.47 Å². The van der Waals surface area contributed by atoms with E-state index in [2.05, 4.69) is 0 Å². The van der Waals surface area contributed by atoms with Crippen molar-refractivity contribution in [2.75, 3.05) is 13.7 Å². The predicted octanol–water partition coefficient (Wildman–Crippen LogP) is 1.71. The van der Waals surface area contributed by atoms with Crippen molar-refractivity contribution in [3.05, 3.63) is 41.7 Å². The number of allylic oxidation sites excluding steroid dienone is 2. The normalized spacial score (nSPS) is 34.0. The van der Waals surface area contributed by atoms with Crippen LogP contribution in [0, 0.1) is 17.8 Å². The fraction of sp³-hybridized carbons (Fsp3) is 0.375. The molecule has 0 spiro atoms. The van der Waals surface area contributed by atoms with E-state index in [9.17, 15) is 9.59 Å². The minimum absolute atomic E-state index is 0.00400. The Balaban J connectivity index is 1.79. The Hall–Kier alpha value is -2.10. The number of hydrogen-bond acceptors (Lipinski definition) is 4. The molecule has 4 atom stereocenters. The maximum Gasteiger partial charge on any atom is 0.201 e. The highest BCUT2D eigenvalue weighted by Gasteiger charge is 2.61. The molecule has 0 amide bonds. The second kappa shape index (κ2) is 3.95. The molecule has 1 aromatic carbocycles. The third-order valence-electron chi connectivity index (χ3n) is 4.77. The van der Waals surface area contributed by atoms with Crippen LogP contribution in [0.4, 0.5) is 0 Å². The van der Waals surface area contributed by atoms with Crippen LogP contribution in [0.5, 0.6) is 5.75 Å². The number of benzene rings is 1. The highest BCUT2D eigenvalue weighted by atomic mass is 16.5. The van der Waals surface area contributed by atoms with Gasteiger partial charge in [-0.05, 0) is 11.6 Å². The molecule has 1 heterocycles. The number of ether oxygens (including phenoxy) is 2. The van der Waals surface area contributed by atoms with Gasteiger partial charge in [0.15, 0.2) is 11.5 Å². The van der Waals surface area contributed by atoms with E-state index in [1.54, 1.807) is 0 Å². The first kappa shape index (κ1) is 11.7. The maximum absolute atomic E-state index is 12.4. The molecule has 0 radical (unpaired) electrons. The van der Waals surface area contributed by atoms with Crippen molar-refractivity contribution in [1.29, 1.82) is 0 Å². The Bertz CT molecular complexity index is 646. The number of ketones is 2. The van der Waals surface area contributed by atoms with Gasteiger partial charge in [0.1, 0.15) is 5.75 Å². The third-order valence-corrected chi connectivity index (χ3v) is 4.77. The number of carbonyl (C=O) groups excluding carboxylic acids is 2. The Labute approximate surface area is 116 Å². The van der Waals surface area contributed by atoms with Crippen LogP contribution in [0.3, 0.4) is 0 Å². The monoisotopic (exact) mass is 270 g/mol. The van der Waals surface area contributed by atoms with Crippen LogP contribution in [0.25, 0.3) is 0 Å². The molecule has 0 aromatic heterocycles. The zero-order chi connectivity index (χ0) is 13.9. The van der Waals surface area contributed by atoms with Crippen LogP contribution in [0.2, 0.25) is 0 Å². The molecule has 0 saturated heterocycles. The van der Waals surface area contributed by atoms with Gasteiger partial charge in [-0.1, -0.05) is 18.2 Å². The van der Waals surface area contributed by atoms with Crippen molar-refractivity contribution in [2.45, 2.75) is 5.92 Å². The van der Waals surface area contributed by atoms with Gasteiger partial charge in [0.25, 0.3) is 0 Å². The van der Waals surface area contributed by atoms with Gasteiger partial charge in [0.05, 0.1) is 13.7 Å². The Kier molecular flexibility index (Phi) is 2.31. The first-order valence-electron chi connectivity index (χ1n) is 6.78. The second-order valence-electron chi connectivity index (χ2n) is 5.57. The first-order chi connectivity index (χ1) is 9.72. The first-order valence-corrected chi connectivity index (χ1v) is 6.78. The summed E-state index contributed by atoms with van der Waals surface area (Å²) in [5.41, 5.74) is 1.04. The van der Waals surface area contributed by atoms with Crippen LogP contribution in [-0.2, 0) is 14.3 Å². The van der Waals surface area contributed by atoms with Crippen molar-refractivity contribution >= 4 is 11.6 Å². The molecule has 0 N–H and O–H groups in total. The summed E-state index contributed by atoms with van der Waals surface area (Å²) in [5, 5.41) is 0. The summed E-state index contributed by atoms with van der Waals surface area (Å²) >= 11 is 0. The highest BCUT2D eigenvalue weighted by Crippen LogP contribution is 2.59. The van der Waals surface area contributed by atoms with Crippen LogP contribution >= 0.6 is 0 Å². The van der Waals surface area contributed by atoms with Gasteiger partial charge in [0, 0.05) is 29.7 Å². The average Bonchev–Trinajstić information content (AvgIpc) is 2.44. The SMILES string of the molecule is COC1=CC(=O)[C@@H]2[C@H]3COc4ccccc4[C@H]3[C@@H]2C1=O. The molecule has 1 aromatic rings. The fourth-order valence-electron chi connectivity index (χ4n) is 3.87. The van der Waals surface area contributed by atoms with Crippen molar-refractivity contribution < 1.29 is 19.1 Å². The number of Topliss-reactive ketones (excluding diaryl/α,β-unsaturated/α-hetero) is 1. The number of hydrogen-bond donors (Lipinski definition) is 0. The Morgan fingerprint density at radius 3 is 2.75 bits per heavy atom. The van der Waals surface area contributed by atoms with Crippen molar-refractivity contribution in [3.63, 3.8) is 0 Å². The van der Waals surface area contributed by atoms with Crippen molar-refractivity contribution in [3.8, 4) is 5.75 Å². The van der Waals surface area contributed by atoms with E-state index in [-0.39, 0.29) is 41.0 Å². The van der Waals surface area contributed by atoms with Crippen LogP contribution in [-0.4, -0.2) is 25.3 Å². The van der Waals surface area contributed by atoms with E-state index >= 15 is 0 Å². The standard InChI is InChI=1S/C16H14O4/c1-19-12-6-10(17)14-9-7-20-11-5-3-2-4-8(11)13(9)15(14)16(12)18/h2-6,9,13-15H,7H2,1H3/t9-,13+,14-,15-/m0/s1. The quantitative estimate of drug-likeness (QED) is 0.779. The topological polar surface area (TPSA) is 52.6 Å². The lowest BCUT2D eigenvalue weighted by Gasteiger charge is -2.53. The Morgan fingerprint density at radius 2 is 1.95 bits per heavy atom. The molecule has 0 unspecified atom stereocenters. The van der Waals surface area contributed by atoms with Crippen LogP contribution in [0.15, 0.2) is 36.1 Å². The molecule has 102 valence electrons. The van der Waals surface area contributed by atoms with Gasteiger partial charge in [-0.3, -0.25) is 9.59 Å². The molecular weight excluding hydrogens is 256 g/mol. The summed E-state index contributed by atoms with van der Waals surface area (Å²) in [5.74, 6) is 0.656. The number of methoxy groups -OCH3 is 1. The minimum Gasteiger partial charge on any atom is -0.493 e. The zero-order valence-corrected chi connectivity index (χ0v) is 11.0. The zero-order valence-electron chi connectivity index (χ0n) is 11.0. The van der Waals surface area contributed by atoms with Gasteiger partial charge in [0.2, 0.25) is 5.78 Å². The second-order valence-corrected chi connectivity index (χ2v) is 5.57. The van der Waals surface area contributed by atoms with Gasteiger partial charge in [-0.25, -0.2) is 0 Å². The van der Waals surface area contributed by atoms with Crippen molar-refractivity contribution in [2.24, 2.45) is 17.8 Å². The van der Waals surface area contributed by atoms with Crippen LogP contribution in [0.1, 0.15) is 11.5 Å². The minimum atomic E-state index is -0.280. The molecule has 4 rings (SSSR count). The maximum atomic E-state index is 12.4. The number of fused-ring (bicyclic) bond motifs is 6. The molecule has 1 saturated carbocycles. The number of rotatable bonds is 1. The molecule has 3 aliphatic rings. The summed E-state index contributed by atoms with van der Waals surface area (Å²) in [6.45, 7) is 0.512. The van der Waals surface area contributed by atoms with E-state index in [0.29, 0.717) is 6.61 Å². The van der Waals surface area contributed by atoms with Crippen molar-refractivity contribution in [1.82, 2.24) is 0 Å². The summed E-state index contributed by atoms with van der Waals surface area (Å²) in [7, 11) is 1.44. The van der Waals surface area contributed by atoms with Gasteiger partial charge in [-0.2, -0.15) is 0 Å². The molecule has 1 fully saturated rings. The summed E-state index contributed by atoms with van der Waals surface area (Å²) in [6, 6.07) is 7.77. The lowest BCUT2D eigenvalue weighted by atomic mass is 9.50. The smallest absolute Gasteiger partial charge is 0.201 e. The molecule has 0 bridgehead atoms. The average molecular weight is 270 g/mol. The van der Waals surface area contributed by atoms with E-state index in [0.717, 1.165) is 11.3 Å². The molecule has 4 heteroatoms. The summed E-state index contributed by atoms with van der Waals surface area (Å²) < 4.78 is 10.8. The van der Waals surface area contributed by atoms with E-state index < -0.39 is 0 Å². The fourth-order valence-corrected chi connectivity index (χ4v) is 3.87. The highest BCUT2D eigenvalue weighted by molar-refractivity contribution is 6.11. The molecular formula is C16H14O4. The summed E-state index contributed by atoms with van der Waals surface area (Å²) in [4.78, 5) is 24.6. The summed E-state index contributed by atoms with van der Waals surface area (Å²) in [6.07, 6.45) is 1.35. The van der Waals surface area contributed by atoms with E-state index in [1.807, 2.05) is 24.3 Å². The predicted molar refractivity (Wildman–Crippen MR) is 70.3 cm³/mol. The van der Waals surface area contributed by atoms with Crippen LogP contribution < -0.4 is 4.74 Å². The van der Waals surface area contributed by atoms with E-state index in [1.165, 1.54) is 13.2 Å².